The minimum Gasteiger partial charge on any atom is -0.388 e. The van der Waals surface area contributed by atoms with Gasteiger partial charge in [-0.15, -0.1) is 0 Å². The Bertz CT molecular complexity index is 428. The molecule has 19 heavy (non-hydrogen) atoms. The molecule has 1 N–H and O–H groups in total. The van der Waals surface area contributed by atoms with Crippen molar-refractivity contribution in [3.8, 4) is 0 Å². The molecule has 2 aliphatic rings. The van der Waals surface area contributed by atoms with Gasteiger partial charge >= 0.3 is 0 Å². The van der Waals surface area contributed by atoms with E-state index in [1.165, 1.54) is 12.8 Å². The predicted octanol–water partition coefficient (Wildman–Crippen LogP) is 3.51. The minimum absolute atomic E-state index is 0.0454. The summed E-state index contributed by atoms with van der Waals surface area (Å²) in [4.78, 5) is 4.06. The number of hydrogen-bond acceptors (Lipinski definition) is 3. The van der Waals surface area contributed by atoms with Crippen LogP contribution in [0.3, 0.4) is 0 Å². The van der Waals surface area contributed by atoms with Gasteiger partial charge in [-0.2, -0.15) is 0 Å². The minimum atomic E-state index is -0.453. The summed E-state index contributed by atoms with van der Waals surface area (Å²) < 4.78 is 6.01. The number of hydrogen-bond donors (Lipinski definition) is 1. The Morgan fingerprint density at radius 2 is 2.16 bits per heavy atom. The average Bonchev–Trinajstić information content (AvgIpc) is 2.87. The lowest BCUT2D eigenvalue weighted by Gasteiger charge is -2.40. The van der Waals surface area contributed by atoms with Crippen LogP contribution in [0.2, 0.25) is 5.15 Å². The van der Waals surface area contributed by atoms with Gasteiger partial charge in [-0.05, 0) is 43.2 Å². The summed E-state index contributed by atoms with van der Waals surface area (Å²) in [6, 6.07) is 3.61. The second-order valence-corrected chi connectivity index (χ2v) is 6.24. The highest BCUT2D eigenvalue weighted by molar-refractivity contribution is 6.29. The first-order valence-electron chi connectivity index (χ1n) is 7.12. The molecule has 2 heterocycles. The lowest BCUT2D eigenvalue weighted by Crippen LogP contribution is -2.39. The van der Waals surface area contributed by atoms with Crippen LogP contribution in [0.5, 0.6) is 0 Å². The van der Waals surface area contributed by atoms with Crippen LogP contribution in [-0.2, 0) is 4.74 Å². The number of rotatable bonds is 2. The second kappa shape index (κ2) is 5.39. The Labute approximate surface area is 118 Å². The van der Waals surface area contributed by atoms with E-state index in [1.54, 1.807) is 12.3 Å². The predicted molar refractivity (Wildman–Crippen MR) is 74.1 cm³/mol. The number of halogens is 1. The van der Waals surface area contributed by atoms with Crippen molar-refractivity contribution in [2.75, 3.05) is 6.61 Å². The van der Waals surface area contributed by atoms with Gasteiger partial charge in [-0.1, -0.05) is 30.5 Å². The van der Waals surface area contributed by atoms with Gasteiger partial charge in [-0.25, -0.2) is 4.98 Å². The molecule has 1 spiro atoms. The van der Waals surface area contributed by atoms with Gasteiger partial charge in [0, 0.05) is 12.8 Å². The molecular formula is C15H20ClNO2. The van der Waals surface area contributed by atoms with Crippen LogP contribution in [0.25, 0.3) is 0 Å². The number of ether oxygens (including phenoxy) is 1. The molecule has 2 unspecified atom stereocenters. The number of aliphatic hydroxyl groups is 1. The zero-order chi connectivity index (χ0) is 13.3. The molecule has 0 aromatic carbocycles. The van der Waals surface area contributed by atoms with E-state index in [1.807, 2.05) is 6.07 Å². The van der Waals surface area contributed by atoms with Crippen LogP contribution >= 0.6 is 11.6 Å². The molecule has 104 valence electrons. The number of nitrogens with zero attached hydrogens (tertiary/aromatic N) is 1. The van der Waals surface area contributed by atoms with Crippen LogP contribution in [0.15, 0.2) is 18.3 Å². The maximum Gasteiger partial charge on any atom is 0.129 e. The van der Waals surface area contributed by atoms with Gasteiger partial charge in [-0.3, -0.25) is 0 Å². The zero-order valence-electron chi connectivity index (χ0n) is 11.0. The zero-order valence-corrected chi connectivity index (χ0v) is 11.8. The summed E-state index contributed by atoms with van der Waals surface area (Å²) in [5.41, 5.74) is 0.911. The molecule has 2 fully saturated rings. The highest BCUT2D eigenvalue weighted by atomic mass is 35.5. The van der Waals surface area contributed by atoms with Crippen LogP contribution < -0.4 is 0 Å². The van der Waals surface area contributed by atoms with Crippen molar-refractivity contribution in [1.29, 1.82) is 0 Å². The van der Waals surface area contributed by atoms with E-state index in [2.05, 4.69) is 4.98 Å². The molecule has 1 aliphatic carbocycles. The van der Waals surface area contributed by atoms with Crippen LogP contribution in [0.4, 0.5) is 0 Å². The smallest absolute Gasteiger partial charge is 0.129 e. The Hall–Kier alpha value is -0.640. The standard InChI is InChI=1S/C15H20ClNO2/c16-13-4-3-12(10-17-13)14(18)11-5-8-19-15(9-11)6-1-2-7-15/h3-4,10-11,14,18H,1-2,5-9H2. The van der Waals surface area contributed by atoms with Crippen LogP contribution in [0.1, 0.15) is 50.2 Å². The van der Waals surface area contributed by atoms with Crippen molar-refractivity contribution in [3.05, 3.63) is 29.0 Å². The molecule has 1 aromatic rings. The molecule has 0 amide bonds. The fourth-order valence-electron chi connectivity index (χ4n) is 3.54. The van der Waals surface area contributed by atoms with E-state index < -0.39 is 6.10 Å². The number of pyridine rings is 1. The second-order valence-electron chi connectivity index (χ2n) is 5.85. The first-order chi connectivity index (χ1) is 9.19. The van der Waals surface area contributed by atoms with Gasteiger partial charge < -0.3 is 9.84 Å². The van der Waals surface area contributed by atoms with Gasteiger partial charge in [0.05, 0.1) is 11.7 Å². The fraction of sp³-hybridized carbons (Fsp3) is 0.667. The Kier molecular flexibility index (Phi) is 3.79. The highest BCUT2D eigenvalue weighted by Gasteiger charge is 2.41. The van der Waals surface area contributed by atoms with Gasteiger partial charge in [0.2, 0.25) is 0 Å². The van der Waals surface area contributed by atoms with Crippen LogP contribution in [-0.4, -0.2) is 22.3 Å². The molecule has 2 atom stereocenters. The van der Waals surface area contributed by atoms with Crippen molar-refractivity contribution >= 4 is 11.6 Å². The third-order valence-corrected chi connectivity index (χ3v) is 4.81. The van der Waals surface area contributed by atoms with Crippen molar-refractivity contribution < 1.29 is 9.84 Å². The van der Waals surface area contributed by atoms with E-state index in [4.69, 9.17) is 16.3 Å². The normalized spacial score (nSPS) is 27.6. The van der Waals surface area contributed by atoms with E-state index in [0.29, 0.717) is 5.15 Å². The average molecular weight is 282 g/mol. The van der Waals surface area contributed by atoms with E-state index >= 15 is 0 Å². The molecule has 1 aliphatic heterocycles. The molecular weight excluding hydrogens is 262 g/mol. The summed E-state index contributed by atoms with van der Waals surface area (Å²) in [6.45, 7) is 0.767. The van der Waals surface area contributed by atoms with Crippen molar-refractivity contribution in [2.45, 2.75) is 50.2 Å². The highest BCUT2D eigenvalue weighted by Crippen LogP contribution is 2.45. The molecule has 1 aromatic heterocycles. The lowest BCUT2D eigenvalue weighted by atomic mass is 9.80. The molecule has 1 saturated carbocycles. The maximum absolute atomic E-state index is 10.5. The summed E-state index contributed by atoms with van der Waals surface area (Å²) in [5.74, 6) is 0.273. The van der Waals surface area contributed by atoms with Crippen molar-refractivity contribution in [1.82, 2.24) is 4.98 Å². The SMILES string of the molecule is OC(c1ccc(Cl)nc1)C1CCOC2(CCCC2)C1. The van der Waals surface area contributed by atoms with E-state index in [9.17, 15) is 5.11 Å². The summed E-state index contributed by atoms with van der Waals surface area (Å²) in [6.07, 6.45) is 7.93. The maximum atomic E-state index is 10.5. The first-order valence-corrected chi connectivity index (χ1v) is 7.50. The summed E-state index contributed by atoms with van der Waals surface area (Å²) in [5, 5.41) is 11.0. The lowest BCUT2D eigenvalue weighted by molar-refractivity contribution is -0.113. The Morgan fingerprint density at radius 3 is 2.84 bits per heavy atom. The fourth-order valence-corrected chi connectivity index (χ4v) is 3.65. The molecule has 4 heteroatoms. The largest absolute Gasteiger partial charge is 0.388 e. The van der Waals surface area contributed by atoms with Gasteiger partial charge in [0.1, 0.15) is 5.15 Å². The third-order valence-electron chi connectivity index (χ3n) is 4.58. The monoisotopic (exact) mass is 281 g/mol. The Balaban J connectivity index is 1.72. The van der Waals surface area contributed by atoms with Crippen molar-refractivity contribution in [2.24, 2.45) is 5.92 Å². The molecule has 0 bridgehead atoms. The number of aliphatic hydroxyl groups excluding tert-OH is 1. The number of aromatic nitrogens is 1. The summed E-state index contributed by atoms with van der Waals surface area (Å²) in [7, 11) is 0. The Morgan fingerprint density at radius 1 is 1.37 bits per heavy atom. The quantitative estimate of drug-likeness (QED) is 0.844. The van der Waals surface area contributed by atoms with Crippen molar-refractivity contribution in [3.63, 3.8) is 0 Å². The van der Waals surface area contributed by atoms with Gasteiger partial charge in [0.15, 0.2) is 0 Å². The molecule has 0 radical (unpaired) electrons. The van der Waals surface area contributed by atoms with Crippen LogP contribution in [0, 0.1) is 5.92 Å². The molecule has 3 nitrogen and oxygen atoms in total. The van der Waals surface area contributed by atoms with E-state index in [-0.39, 0.29) is 11.5 Å². The molecule has 3 rings (SSSR count). The molecule has 1 saturated heterocycles. The first kappa shape index (κ1) is 13.3. The van der Waals surface area contributed by atoms with E-state index in [0.717, 1.165) is 37.9 Å². The van der Waals surface area contributed by atoms with Gasteiger partial charge in [0.25, 0.3) is 0 Å². The summed E-state index contributed by atoms with van der Waals surface area (Å²) >= 11 is 5.79. The third kappa shape index (κ3) is 2.78. The topological polar surface area (TPSA) is 42.4 Å².